The minimum absolute atomic E-state index is 0.457. The third kappa shape index (κ3) is 3.60. The molecule has 1 aromatic carbocycles. The molecule has 1 saturated carbocycles. The van der Waals surface area contributed by atoms with Gasteiger partial charge in [0.25, 0.3) is 0 Å². The third-order valence-corrected chi connectivity index (χ3v) is 5.39. The zero-order chi connectivity index (χ0) is 13.2. The van der Waals surface area contributed by atoms with Crippen molar-refractivity contribution in [3.63, 3.8) is 0 Å². The van der Waals surface area contributed by atoms with Crippen molar-refractivity contribution < 1.29 is 0 Å². The molecular weight excluding hydrogens is 342 g/mol. The maximum Gasteiger partial charge on any atom is 0.0406 e. The smallest absolute Gasteiger partial charge is 0.0406 e. The van der Waals surface area contributed by atoms with Crippen LogP contribution in [0.2, 0.25) is 5.02 Å². The van der Waals surface area contributed by atoms with Crippen LogP contribution in [0.3, 0.4) is 0 Å². The lowest BCUT2D eigenvalue weighted by Crippen LogP contribution is -2.22. The summed E-state index contributed by atoms with van der Waals surface area (Å²) >= 11 is 11.3. The van der Waals surface area contributed by atoms with Crippen LogP contribution in [0.1, 0.15) is 29.3 Å². The lowest BCUT2D eigenvalue weighted by Gasteiger charge is -2.18. The standard InChI is InChI=1S/C15H15BrClNS/c16-12-7-14(19-9-12)8-18-15(10-1-2-10)11-3-5-13(17)6-4-11/h3-7,9-10,15,18H,1-2,8H2. The second kappa shape index (κ2) is 5.96. The normalized spacial score (nSPS) is 16.5. The van der Waals surface area contributed by atoms with Gasteiger partial charge in [-0.1, -0.05) is 23.7 Å². The fourth-order valence-corrected chi connectivity index (χ4v) is 3.84. The van der Waals surface area contributed by atoms with Crippen LogP contribution in [0.5, 0.6) is 0 Å². The van der Waals surface area contributed by atoms with Gasteiger partial charge in [-0.05, 0) is 58.5 Å². The quantitative estimate of drug-likeness (QED) is 0.756. The van der Waals surface area contributed by atoms with Crippen LogP contribution < -0.4 is 5.32 Å². The highest BCUT2D eigenvalue weighted by atomic mass is 79.9. The fourth-order valence-electron chi connectivity index (χ4n) is 2.31. The molecular formula is C15H15BrClNS. The first-order valence-corrected chi connectivity index (χ1v) is 8.49. The molecule has 1 aromatic heterocycles. The van der Waals surface area contributed by atoms with Crippen LogP contribution in [0.4, 0.5) is 0 Å². The first-order chi connectivity index (χ1) is 9.22. The predicted octanol–water partition coefficient (Wildman–Crippen LogP) is 5.40. The van der Waals surface area contributed by atoms with Crippen molar-refractivity contribution in [2.24, 2.45) is 5.92 Å². The van der Waals surface area contributed by atoms with Crippen molar-refractivity contribution in [1.29, 1.82) is 0 Å². The molecule has 1 aliphatic rings. The summed E-state index contributed by atoms with van der Waals surface area (Å²) in [6.07, 6.45) is 2.66. The first kappa shape index (κ1) is 13.6. The topological polar surface area (TPSA) is 12.0 Å². The molecule has 100 valence electrons. The molecule has 19 heavy (non-hydrogen) atoms. The summed E-state index contributed by atoms with van der Waals surface area (Å²) < 4.78 is 1.17. The van der Waals surface area contributed by atoms with E-state index >= 15 is 0 Å². The van der Waals surface area contributed by atoms with Crippen LogP contribution in [0.25, 0.3) is 0 Å². The summed E-state index contributed by atoms with van der Waals surface area (Å²) in [7, 11) is 0. The molecule has 1 fully saturated rings. The van der Waals surface area contributed by atoms with Gasteiger partial charge in [-0.25, -0.2) is 0 Å². The molecule has 0 spiro atoms. The Hall–Kier alpha value is -0.350. The van der Waals surface area contributed by atoms with Gasteiger partial charge in [0.1, 0.15) is 0 Å². The molecule has 0 radical (unpaired) electrons. The van der Waals surface area contributed by atoms with Gasteiger partial charge in [0.2, 0.25) is 0 Å². The number of halogens is 2. The van der Waals surface area contributed by atoms with Gasteiger partial charge in [0.15, 0.2) is 0 Å². The highest BCUT2D eigenvalue weighted by Gasteiger charge is 2.31. The van der Waals surface area contributed by atoms with E-state index < -0.39 is 0 Å². The van der Waals surface area contributed by atoms with E-state index in [0.29, 0.717) is 6.04 Å². The fraction of sp³-hybridized carbons (Fsp3) is 0.333. The summed E-state index contributed by atoms with van der Waals surface area (Å²) in [5.74, 6) is 0.782. The average molecular weight is 357 g/mol. The van der Waals surface area contributed by atoms with Crippen LogP contribution >= 0.6 is 38.9 Å². The molecule has 1 unspecified atom stereocenters. The minimum Gasteiger partial charge on any atom is -0.305 e. The van der Waals surface area contributed by atoms with E-state index in [1.165, 1.54) is 27.8 Å². The maximum atomic E-state index is 5.96. The van der Waals surface area contributed by atoms with E-state index in [0.717, 1.165) is 17.5 Å². The summed E-state index contributed by atoms with van der Waals surface area (Å²) in [6.45, 7) is 0.931. The van der Waals surface area contributed by atoms with Gasteiger partial charge in [-0.15, -0.1) is 11.3 Å². The zero-order valence-electron chi connectivity index (χ0n) is 10.4. The summed E-state index contributed by atoms with van der Waals surface area (Å²) in [5.41, 5.74) is 1.35. The summed E-state index contributed by atoms with van der Waals surface area (Å²) in [5, 5.41) is 6.63. The highest BCUT2D eigenvalue weighted by molar-refractivity contribution is 9.10. The van der Waals surface area contributed by atoms with Crippen molar-refractivity contribution in [2.75, 3.05) is 0 Å². The van der Waals surface area contributed by atoms with Crippen molar-refractivity contribution in [2.45, 2.75) is 25.4 Å². The monoisotopic (exact) mass is 355 g/mol. The summed E-state index contributed by atoms with van der Waals surface area (Å²) in [6, 6.07) is 10.9. The average Bonchev–Trinajstić information content (AvgIpc) is 3.15. The maximum absolute atomic E-state index is 5.96. The van der Waals surface area contributed by atoms with Crippen LogP contribution in [-0.2, 0) is 6.54 Å². The van der Waals surface area contributed by atoms with Gasteiger partial charge in [0, 0.05) is 32.3 Å². The second-order valence-corrected chi connectivity index (χ2v) is 7.33. The van der Waals surface area contributed by atoms with E-state index in [4.69, 9.17) is 11.6 Å². The molecule has 3 rings (SSSR count). The number of rotatable bonds is 5. The minimum atomic E-state index is 0.457. The molecule has 1 N–H and O–H groups in total. The van der Waals surface area contributed by atoms with E-state index in [9.17, 15) is 0 Å². The van der Waals surface area contributed by atoms with E-state index in [1.54, 1.807) is 11.3 Å². The number of thiophene rings is 1. The van der Waals surface area contributed by atoms with Crippen molar-refractivity contribution in [3.05, 3.63) is 55.6 Å². The summed E-state index contributed by atoms with van der Waals surface area (Å²) in [4.78, 5) is 1.37. The van der Waals surface area contributed by atoms with Gasteiger partial charge < -0.3 is 5.32 Å². The predicted molar refractivity (Wildman–Crippen MR) is 85.8 cm³/mol. The molecule has 1 nitrogen and oxygen atoms in total. The van der Waals surface area contributed by atoms with Gasteiger partial charge >= 0.3 is 0 Å². The Labute approximate surface area is 131 Å². The Morgan fingerprint density at radius 2 is 2.05 bits per heavy atom. The number of hydrogen-bond donors (Lipinski definition) is 1. The Balaban J connectivity index is 1.69. The molecule has 0 aliphatic heterocycles. The SMILES string of the molecule is Clc1ccc(C(NCc2cc(Br)cs2)C2CC2)cc1. The van der Waals surface area contributed by atoms with Crippen molar-refractivity contribution >= 4 is 38.9 Å². The Morgan fingerprint density at radius 1 is 1.32 bits per heavy atom. The van der Waals surface area contributed by atoms with Crippen molar-refractivity contribution in [3.8, 4) is 0 Å². The number of benzene rings is 1. The Bertz CT molecular complexity index is 548. The highest BCUT2D eigenvalue weighted by Crippen LogP contribution is 2.41. The molecule has 4 heteroatoms. The van der Waals surface area contributed by atoms with Gasteiger partial charge in [-0.3, -0.25) is 0 Å². The van der Waals surface area contributed by atoms with Gasteiger partial charge in [-0.2, -0.15) is 0 Å². The molecule has 0 amide bonds. The third-order valence-electron chi connectivity index (χ3n) is 3.44. The molecule has 1 atom stereocenters. The van der Waals surface area contributed by atoms with Crippen molar-refractivity contribution in [1.82, 2.24) is 5.32 Å². The zero-order valence-corrected chi connectivity index (χ0v) is 13.6. The largest absolute Gasteiger partial charge is 0.305 e. The van der Waals surface area contributed by atoms with Crippen LogP contribution in [0, 0.1) is 5.92 Å². The lowest BCUT2D eigenvalue weighted by atomic mass is 10.0. The van der Waals surface area contributed by atoms with E-state index in [2.05, 4.69) is 44.8 Å². The van der Waals surface area contributed by atoms with Crippen LogP contribution in [-0.4, -0.2) is 0 Å². The molecule has 1 aliphatic carbocycles. The molecule has 0 saturated heterocycles. The first-order valence-electron chi connectivity index (χ1n) is 6.44. The number of nitrogens with one attached hydrogen (secondary N) is 1. The van der Waals surface area contributed by atoms with E-state index in [1.807, 2.05) is 12.1 Å². The van der Waals surface area contributed by atoms with Gasteiger partial charge in [0.05, 0.1) is 0 Å². The molecule has 0 bridgehead atoms. The Morgan fingerprint density at radius 3 is 2.63 bits per heavy atom. The lowest BCUT2D eigenvalue weighted by molar-refractivity contribution is 0.482. The molecule has 1 heterocycles. The Kier molecular flexibility index (Phi) is 4.27. The number of hydrogen-bond acceptors (Lipinski definition) is 2. The van der Waals surface area contributed by atoms with E-state index in [-0.39, 0.29) is 0 Å². The second-order valence-electron chi connectivity index (χ2n) is 4.98. The molecule has 2 aromatic rings. The van der Waals surface area contributed by atoms with Crippen LogP contribution in [0.15, 0.2) is 40.2 Å².